The van der Waals surface area contributed by atoms with Crippen LogP contribution in [0.25, 0.3) is 11.1 Å². The predicted octanol–water partition coefficient (Wildman–Crippen LogP) is 1.51. The summed E-state index contributed by atoms with van der Waals surface area (Å²) in [5.74, 6) is -0.877. The van der Waals surface area contributed by atoms with Crippen LogP contribution in [-0.4, -0.2) is 33.6 Å². The Bertz CT molecular complexity index is 808. The molecule has 1 heterocycles. The first kappa shape index (κ1) is 18.7. The summed E-state index contributed by atoms with van der Waals surface area (Å²) in [6.45, 7) is 2.78. The number of benzene rings is 1. The fourth-order valence-electron chi connectivity index (χ4n) is 2.58. The molecule has 2 rings (SSSR count). The van der Waals surface area contributed by atoms with Crippen LogP contribution in [-0.2, 0) is 11.2 Å². The van der Waals surface area contributed by atoms with Crippen molar-refractivity contribution in [3.05, 3.63) is 56.9 Å². The van der Waals surface area contributed by atoms with Crippen LogP contribution in [0.4, 0.5) is 0 Å². The molecule has 0 saturated heterocycles. The molecule has 0 saturated carbocycles. The van der Waals surface area contributed by atoms with Gasteiger partial charge < -0.3 is 15.4 Å². The SMILES string of the molecule is CCCCCNC(Cc1ccc(-c2c[nH]c(=O)[nH]c2=O)cc1)C(=O)O. The number of hydrogen-bond donors (Lipinski definition) is 4. The topological polar surface area (TPSA) is 115 Å². The minimum atomic E-state index is -0.877. The largest absolute Gasteiger partial charge is 0.480 e. The van der Waals surface area contributed by atoms with Gasteiger partial charge in [0.15, 0.2) is 0 Å². The third-order valence-corrected chi connectivity index (χ3v) is 3.99. The van der Waals surface area contributed by atoms with E-state index in [0.29, 0.717) is 24.1 Å². The first-order valence-corrected chi connectivity index (χ1v) is 8.38. The van der Waals surface area contributed by atoms with Crippen molar-refractivity contribution in [3.63, 3.8) is 0 Å². The highest BCUT2D eigenvalue weighted by molar-refractivity contribution is 5.74. The number of rotatable bonds is 9. The van der Waals surface area contributed by atoms with E-state index in [2.05, 4.69) is 22.2 Å². The van der Waals surface area contributed by atoms with Crippen molar-refractivity contribution in [2.24, 2.45) is 0 Å². The molecule has 134 valence electrons. The fourth-order valence-corrected chi connectivity index (χ4v) is 2.58. The van der Waals surface area contributed by atoms with E-state index < -0.39 is 23.3 Å². The van der Waals surface area contributed by atoms with Gasteiger partial charge in [-0.3, -0.25) is 14.6 Å². The van der Waals surface area contributed by atoms with Crippen LogP contribution in [0, 0.1) is 0 Å². The van der Waals surface area contributed by atoms with Crippen LogP contribution in [0.15, 0.2) is 40.1 Å². The van der Waals surface area contributed by atoms with Crippen molar-refractivity contribution in [1.82, 2.24) is 15.3 Å². The molecule has 4 N–H and O–H groups in total. The summed E-state index contributed by atoms with van der Waals surface area (Å²) < 4.78 is 0. The first-order valence-electron chi connectivity index (χ1n) is 8.38. The Hall–Kier alpha value is -2.67. The third-order valence-electron chi connectivity index (χ3n) is 3.99. The van der Waals surface area contributed by atoms with E-state index in [1.54, 1.807) is 24.3 Å². The summed E-state index contributed by atoms with van der Waals surface area (Å²) in [5, 5.41) is 12.4. The van der Waals surface area contributed by atoms with Crippen LogP contribution >= 0.6 is 0 Å². The number of aliphatic carboxylic acids is 1. The summed E-state index contributed by atoms with van der Waals surface area (Å²) >= 11 is 0. The molecule has 1 aromatic carbocycles. The molecule has 0 aliphatic heterocycles. The number of aromatic amines is 2. The fraction of sp³-hybridized carbons (Fsp3) is 0.389. The van der Waals surface area contributed by atoms with Crippen molar-refractivity contribution >= 4 is 5.97 Å². The molecule has 0 radical (unpaired) electrons. The van der Waals surface area contributed by atoms with E-state index in [-0.39, 0.29) is 0 Å². The van der Waals surface area contributed by atoms with Crippen molar-refractivity contribution < 1.29 is 9.90 Å². The van der Waals surface area contributed by atoms with Crippen molar-refractivity contribution in [1.29, 1.82) is 0 Å². The Morgan fingerprint density at radius 3 is 2.52 bits per heavy atom. The molecule has 7 nitrogen and oxygen atoms in total. The standard InChI is InChI=1S/C18H23N3O4/c1-2-3-4-9-19-15(17(23)24)10-12-5-7-13(8-6-12)14-11-20-18(25)21-16(14)22/h5-8,11,15,19H,2-4,9-10H2,1H3,(H,23,24)(H2,20,21,22,25). The Morgan fingerprint density at radius 1 is 1.20 bits per heavy atom. The van der Waals surface area contributed by atoms with Gasteiger partial charge in [-0.2, -0.15) is 0 Å². The Labute approximate surface area is 145 Å². The van der Waals surface area contributed by atoms with Gasteiger partial charge in [-0.05, 0) is 30.5 Å². The molecule has 0 fully saturated rings. The second-order valence-corrected chi connectivity index (χ2v) is 5.94. The van der Waals surface area contributed by atoms with E-state index in [4.69, 9.17) is 0 Å². The quantitative estimate of drug-likeness (QED) is 0.514. The maximum Gasteiger partial charge on any atom is 0.325 e. The van der Waals surface area contributed by atoms with Gasteiger partial charge in [-0.25, -0.2) is 4.79 Å². The summed E-state index contributed by atoms with van der Waals surface area (Å²) in [7, 11) is 0. The van der Waals surface area contributed by atoms with Gasteiger partial charge >= 0.3 is 11.7 Å². The lowest BCUT2D eigenvalue weighted by Gasteiger charge is -2.14. The monoisotopic (exact) mass is 345 g/mol. The molecule has 2 aromatic rings. The van der Waals surface area contributed by atoms with Gasteiger partial charge in [0, 0.05) is 6.20 Å². The second kappa shape index (κ2) is 8.98. The van der Waals surface area contributed by atoms with E-state index in [9.17, 15) is 19.5 Å². The van der Waals surface area contributed by atoms with Crippen molar-refractivity contribution in [2.45, 2.75) is 38.6 Å². The third kappa shape index (κ3) is 5.42. The zero-order valence-corrected chi connectivity index (χ0v) is 14.2. The Morgan fingerprint density at radius 2 is 1.92 bits per heavy atom. The lowest BCUT2D eigenvalue weighted by atomic mass is 10.0. The van der Waals surface area contributed by atoms with E-state index >= 15 is 0 Å². The maximum atomic E-state index is 11.8. The van der Waals surface area contributed by atoms with Crippen LogP contribution in [0.3, 0.4) is 0 Å². The van der Waals surface area contributed by atoms with E-state index in [1.165, 1.54) is 6.20 Å². The highest BCUT2D eigenvalue weighted by atomic mass is 16.4. The molecular formula is C18H23N3O4. The molecule has 0 bridgehead atoms. The smallest absolute Gasteiger partial charge is 0.325 e. The lowest BCUT2D eigenvalue weighted by molar-refractivity contribution is -0.139. The van der Waals surface area contributed by atoms with Gasteiger partial charge in [-0.1, -0.05) is 44.0 Å². The van der Waals surface area contributed by atoms with Gasteiger partial charge in [0.25, 0.3) is 5.56 Å². The average molecular weight is 345 g/mol. The highest BCUT2D eigenvalue weighted by Crippen LogP contribution is 2.15. The van der Waals surface area contributed by atoms with Gasteiger partial charge in [0.1, 0.15) is 6.04 Å². The highest BCUT2D eigenvalue weighted by Gasteiger charge is 2.17. The number of carboxylic acids is 1. The molecular weight excluding hydrogens is 322 g/mol. The zero-order chi connectivity index (χ0) is 18.2. The van der Waals surface area contributed by atoms with Crippen molar-refractivity contribution in [2.75, 3.05) is 6.54 Å². The number of H-pyrrole nitrogens is 2. The Kier molecular flexibility index (Phi) is 6.71. The Balaban J connectivity index is 2.06. The second-order valence-electron chi connectivity index (χ2n) is 5.94. The molecule has 0 amide bonds. The van der Waals surface area contributed by atoms with Crippen LogP contribution < -0.4 is 16.6 Å². The minimum absolute atomic E-state index is 0.360. The van der Waals surface area contributed by atoms with Crippen molar-refractivity contribution in [3.8, 4) is 11.1 Å². The summed E-state index contributed by atoms with van der Waals surface area (Å²) in [5.41, 5.74) is 0.865. The number of carboxylic acid groups (broad SMARTS) is 1. The predicted molar refractivity (Wildman–Crippen MR) is 95.8 cm³/mol. The summed E-state index contributed by atoms with van der Waals surface area (Å²) in [6, 6.07) is 6.44. The van der Waals surface area contributed by atoms with E-state index in [1.807, 2.05) is 0 Å². The van der Waals surface area contributed by atoms with E-state index in [0.717, 1.165) is 24.8 Å². The summed E-state index contributed by atoms with van der Waals surface area (Å²) in [6.07, 6.45) is 4.84. The lowest BCUT2D eigenvalue weighted by Crippen LogP contribution is -2.39. The molecule has 0 aliphatic rings. The molecule has 1 unspecified atom stereocenters. The van der Waals surface area contributed by atoms with Gasteiger partial charge in [0.05, 0.1) is 5.56 Å². The number of unbranched alkanes of at least 4 members (excludes halogenated alkanes) is 2. The number of hydrogen-bond acceptors (Lipinski definition) is 4. The zero-order valence-electron chi connectivity index (χ0n) is 14.2. The average Bonchev–Trinajstić information content (AvgIpc) is 2.58. The molecule has 1 atom stereocenters. The minimum Gasteiger partial charge on any atom is -0.480 e. The maximum absolute atomic E-state index is 11.8. The number of nitrogens with one attached hydrogen (secondary N) is 3. The van der Waals surface area contributed by atoms with Crippen LogP contribution in [0.5, 0.6) is 0 Å². The van der Waals surface area contributed by atoms with Gasteiger partial charge in [-0.15, -0.1) is 0 Å². The summed E-state index contributed by atoms with van der Waals surface area (Å²) in [4.78, 5) is 38.9. The van der Waals surface area contributed by atoms with Gasteiger partial charge in [0.2, 0.25) is 0 Å². The molecule has 0 aliphatic carbocycles. The first-order chi connectivity index (χ1) is 12.0. The molecule has 0 spiro atoms. The number of carbonyl (C=O) groups is 1. The number of aromatic nitrogens is 2. The normalized spacial score (nSPS) is 12.0. The molecule has 25 heavy (non-hydrogen) atoms. The molecule has 1 aromatic heterocycles. The van der Waals surface area contributed by atoms with Crippen LogP contribution in [0.1, 0.15) is 31.7 Å². The van der Waals surface area contributed by atoms with Crippen LogP contribution in [0.2, 0.25) is 0 Å². The molecule has 7 heteroatoms.